The second-order valence-electron chi connectivity index (χ2n) is 9.95. The number of rotatable bonds is 8. The molecule has 198 valence electrons. The monoisotopic (exact) mass is 546 g/mol. The maximum Gasteiger partial charge on any atom is 0.341 e. The topological polar surface area (TPSA) is 60.3 Å². The first kappa shape index (κ1) is 26.6. The van der Waals surface area contributed by atoms with E-state index in [0.717, 1.165) is 53.6 Å². The molecule has 38 heavy (non-hydrogen) atoms. The number of amides is 1. The van der Waals surface area contributed by atoms with Crippen molar-refractivity contribution in [2.24, 2.45) is 0 Å². The number of benzene rings is 2. The Bertz CT molecular complexity index is 1500. The van der Waals surface area contributed by atoms with E-state index in [1.54, 1.807) is 11.8 Å². The van der Waals surface area contributed by atoms with Crippen molar-refractivity contribution in [2.75, 3.05) is 11.9 Å². The van der Waals surface area contributed by atoms with Gasteiger partial charge in [0.15, 0.2) is 0 Å². The molecule has 2 heterocycles. The third-order valence-corrected chi connectivity index (χ3v) is 9.51. The van der Waals surface area contributed by atoms with E-state index in [1.165, 1.54) is 32.9 Å². The van der Waals surface area contributed by atoms with Crippen LogP contribution in [0.25, 0.3) is 10.9 Å². The zero-order valence-corrected chi connectivity index (χ0v) is 24.1. The Hall–Kier alpha value is -3.03. The number of carbonyl (C=O) groups is 2. The van der Waals surface area contributed by atoms with Crippen LogP contribution >= 0.6 is 23.1 Å². The van der Waals surface area contributed by atoms with Crippen molar-refractivity contribution in [2.45, 2.75) is 70.1 Å². The molecule has 0 saturated heterocycles. The first-order valence-corrected chi connectivity index (χ1v) is 15.0. The van der Waals surface area contributed by atoms with Crippen molar-refractivity contribution in [1.29, 1.82) is 0 Å². The minimum Gasteiger partial charge on any atom is -0.462 e. The quantitative estimate of drug-likeness (QED) is 0.183. The van der Waals surface area contributed by atoms with E-state index in [1.807, 2.05) is 19.9 Å². The summed E-state index contributed by atoms with van der Waals surface area (Å²) in [5, 5.41) is 4.51. The highest BCUT2D eigenvalue weighted by Gasteiger charge is 2.28. The number of fused-ring (bicyclic) bond motifs is 2. The Labute approximate surface area is 232 Å². The van der Waals surface area contributed by atoms with Crippen LogP contribution in [0.2, 0.25) is 0 Å². The largest absolute Gasteiger partial charge is 0.462 e. The van der Waals surface area contributed by atoms with Gasteiger partial charge in [-0.25, -0.2) is 4.79 Å². The molecule has 4 aromatic rings. The molecular weight excluding hydrogens is 512 g/mol. The van der Waals surface area contributed by atoms with E-state index in [2.05, 4.69) is 66.3 Å². The molecule has 1 aliphatic rings. The first-order chi connectivity index (χ1) is 18.4. The van der Waals surface area contributed by atoms with Crippen molar-refractivity contribution in [3.05, 3.63) is 81.4 Å². The second-order valence-corrected chi connectivity index (χ2v) is 12.4. The fourth-order valence-corrected chi connectivity index (χ4v) is 7.44. The number of thioether (sulfide) groups is 1. The van der Waals surface area contributed by atoms with Crippen molar-refractivity contribution >= 4 is 50.9 Å². The number of hydrogen-bond acceptors (Lipinski definition) is 5. The molecular formula is C31H34N2O3S2. The van der Waals surface area contributed by atoms with Gasteiger partial charge in [-0.1, -0.05) is 42.0 Å². The molecule has 1 N–H and O–H groups in total. The van der Waals surface area contributed by atoms with Crippen LogP contribution in [0.1, 0.15) is 64.2 Å². The van der Waals surface area contributed by atoms with E-state index >= 15 is 0 Å². The molecule has 5 nitrogen and oxygen atoms in total. The Morgan fingerprint density at radius 2 is 1.92 bits per heavy atom. The number of para-hydroxylation sites is 1. The third kappa shape index (κ3) is 5.40. The standard InChI is InChI=1S/C31H34N2O3S2/c1-5-36-31(35)28-24-11-7-9-13-26(24)38-30(28)32-29(34)21(4)37-27-18-33(25-12-8-6-10-23(25)27)17-22-16-19(2)14-15-20(22)3/h6,8,10,12,14-16,18,21H,5,7,9,11,13,17H2,1-4H3,(H,32,34). The van der Waals surface area contributed by atoms with Gasteiger partial charge in [-0.3, -0.25) is 4.79 Å². The average molecular weight is 547 g/mol. The van der Waals surface area contributed by atoms with Crippen molar-refractivity contribution in [3.8, 4) is 0 Å². The Morgan fingerprint density at radius 3 is 2.74 bits per heavy atom. The molecule has 0 radical (unpaired) electrons. The van der Waals surface area contributed by atoms with Crippen LogP contribution in [0, 0.1) is 13.8 Å². The smallest absolute Gasteiger partial charge is 0.341 e. The predicted octanol–water partition coefficient (Wildman–Crippen LogP) is 7.54. The minimum absolute atomic E-state index is 0.106. The van der Waals surface area contributed by atoms with Gasteiger partial charge in [-0.2, -0.15) is 0 Å². The van der Waals surface area contributed by atoms with Crippen LogP contribution in [0.5, 0.6) is 0 Å². The van der Waals surface area contributed by atoms with Gasteiger partial charge in [0.25, 0.3) is 0 Å². The first-order valence-electron chi connectivity index (χ1n) is 13.3. The van der Waals surface area contributed by atoms with Gasteiger partial charge in [-0.05, 0) is 76.1 Å². The van der Waals surface area contributed by atoms with Gasteiger partial charge in [0.2, 0.25) is 5.91 Å². The zero-order valence-electron chi connectivity index (χ0n) is 22.4. The van der Waals surface area contributed by atoms with Gasteiger partial charge in [0, 0.05) is 33.4 Å². The summed E-state index contributed by atoms with van der Waals surface area (Å²) in [4.78, 5) is 28.5. The molecule has 0 spiro atoms. The van der Waals surface area contributed by atoms with Gasteiger partial charge in [-0.15, -0.1) is 23.1 Å². The minimum atomic E-state index is -0.343. The average Bonchev–Trinajstić information content (AvgIpc) is 3.44. The van der Waals surface area contributed by atoms with E-state index in [-0.39, 0.29) is 17.1 Å². The van der Waals surface area contributed by atoms with Gasteiger partial charge in [0.05, 0.1) is 17.4 Å². The number of aryl methyl sites for hydroxylation is 3. The number of esters is 1. The highest BCUT2D eigenvalue weighted by molar-refractivity contribution is 8.00. The molecule has 7 heteroatoms. The van der Waals surface area contributed by atoms with Crippen LogP contribution in [0.4, 0.5) is 5.00 Å². The maximum atomic E-state index is 13.4. The summed E-state index contributed by atoms with van der Waals surface area (Å²) in [6.45, 7) is 9.10. The highest BCUT2D eigenvalue weighted by atomic mass is 32.2. The fourth-order valence-electron chi connectivity index (χ4n) is 5.12. The van der Waals surface area contributed by atoms with E-state index < -0.39 is 0 Å². The molecule has 2 aromatic heterocycles. The number of nitrogens with one attached hydrogen (secondary N) is 1. The molecule has 1 atom stereocenters. The number of hydrogen-bond donors (Lipinski definition) is 1. The fraction of sp³-hybridized carbons (Fsp3) is 0.355. The van der Waals surface area contributed by atoms with Crippen LogP contribution in [-0.2, 0) is 28.9 Å². The van der Waals surface area contributed by atoms with E-state index in [4.69, 9.17) is 4.74 Å². The van der Waals surface area contributed by atoms with Crippen LogP contribution in [0.15, 0.2) is 53.6 Å². The number of ether oxygens (including phenoxy) is 1. The summed E-state index contributed by atoms with van der Waals surface area (Å²) < 4.78 is 7.63. The number of carbonyl (C=O) groups excluding carboxylic acids is 2. The predicted molar refractivity (Wildman–Crippen MR) is 158 cm³/mol. The lowest BCUT2D eigenvalue weighted by molar-refractivity contribution is -0.115. The number of nitrogens with zero attached hydrogens (tertiary/aromatic N) is 1. The molecule has 1 amide bonds. The van der Waals surface area contributed by atoms with Crippen LogP contribution in [0.3, 0.4) is 0 Å². The summed E-state index contributed by atoms with van der Waals surface area (Å²) in [7, 11) is 0. The lowest BCUT2D eigenvalue weighted by Crippen LogP contribution is -2.23. The van der Waals surface area contributed by atoms with Crippen LogP contribution < -0.4 is 5.32 Å². The molecule has 5 rings (SSSR count). The van der Waals surface area contributed by atoms with Crippen molar-refractivity contribution < 1.29 is 14.3 Å². The Kier molecular flexibility index (Phi) is 7.96. The molecule has 1 aliphatic carbocycles. The maximum absolute atomic E-state index is 13.4. The summed E-state index contributed by atoms with van der Waals surface area (Å²) >= 11 is 3.09. The lowest BCUT2D eigenvalue weighted by atomic mass is 9.95. The highest BCUT2D eigenvalue weighted by Crippen LogP contribution is 2.40. The molecule has 0 aliphatic heterocycles. The molecule has 2 aromatic carbocycles. The van der Waals surface area contributed by atoms with E-state index in [0.29, 0.717) is 17.2 Å². The summed E-state index contributed by atoms with van der Waals surface area (Å²) in [6.07, 6.45) is 6.14. The SMILES string of the molecule is CCOC(=O)c1c(NC(=O)C(C)Sc2cn(Cc3cc(C)ccc3C)c3ccccc23)sc2c1CCCC2. The van der Waals surface area contributed by atoms with Gasteiger partial charge in [0.1, 0.15) is 5.00 Å². The summed E-state index contributed by atoms with van der Waals surface area (Å²) in [5.74, 6) is -0.442. The second kappa shape index (κ2) is 11.4. The Balaban J connectivity index is 1.38. The summed E-state index contributed by atoms with van der Waals surface area (Å²) in [5.41, 5.74) is 6.58. The molecule has 0 bridgehead atoms. The summed E-state index contributed by atoms with van der Waals surface area (Å²) in [6, 6.07) is 14.9. The van der Waals surface area contributed by atoms with Gasteiger partial charge < -0.3 is 14.6 Å². The molecule has 0 fully saturated rings. The van der Waals surface area contributed by atoms with E-state index in [9.17, 15) is 9.59 Å². The molecule has 0 saturated carbocycles. The van der Waals surface area contributed by atoms with Crippen molar-refractivity contribution in [3.63, 3.8) is 0 Å². The van der Waals surface area contributed by atoms with Crippen LogP contribution in [-0.4, -0.2) is 28.3 Å². The number of aromatic nitrogens is 1. The lowest BCUT2D eigenvalue weighted by Gasteiger charge is -2.13. The Morgan fingerprint density at radius 1 is 1.13 bits per heavy atom. The third-order valence-electron chi connectivity index (χ3n) is 7.16. The zero-order chi connectivity index (χ0) is 26.8. The normalized spacial score (nSPS) is 13.8. The molecule has 1 unspecified atom stereocenters. The number of anilines is 1. The number of thiophene rings is 1. The van der Waals surface area contributed by atoms with Gasteiger partial charge >= 0.3 is 5.97 Å². The van der Waals surface area contributed by atoms with Crippen molar-refractivity contribution in [1.82, 2.24) is 4.57 Å².